The Kier molecular flexibility index (Phi) is 8.07. The average Bonchev–Trinajstić information content (AvgIpc) is 3.73. The fourth-order valence-electron chi connectivity index (χ4n) is 10.2. The van der Waals surface area contributed by atoms with Crippen molar-refractivity contribution in [2.24, 2.45) is 0 Å². The largest absolute Gasteiger partial charge is 0.370 e. The summed E-state index contributed by atoms with van der Waals surface area (Å²) in [7, 11) is 2.28. The van der Waals surface area contributed by atoms with Gasteiger partial charge in [-0.2, -0.15) is 0 Å². The van der Waals surface area contributed by atoms with Crippen LogP contribution in [0.1, 0.15) is 60.1 Å². The number of rotatable bonds is 6. The molecule has 5 heteroatoms. The molecule has 11 rings (SSSR count). The molecule has 3 aliphatic heterocycles. The van der Waals surface area contributed by atoms with Crippen LogP contribution in [0.3, 0.4) is 0 Å². The Hall–Kier alpha value is -5.36. The fraction of sp³-hybridized carbons (Fsp3) is 0.280. The highest BCUT2D eigenvalue weighted by molar-refractivity contribution is 6.12. The van der Waals surface area contributed by atoms with E-state index in [4.69, 9.17) is 0 Å². The van der Waals surface area contributed by atoms with Crippen LogP contribution in [0.5, 0.6) is 0 Å². The van der Waals surface area contributed by atoms with Gasteiger partial charge in [-0.25, -0.2) is 0 Å². The zero-order chi connectivity index (χ0) is 36.5. The summed E-state index contributed by atoms with van der Waals surface area (Å²) in [6, 6.07) is 50.5. The summed E-state index contributed by atoms with van der Waals surface area (Å²) in [5.41, 5.74) is 13.4. The van der Waals surface area contributed by atoms with Gasteiger partial charge >= 0.3 is 0 Å². The third-order valence-corrected chi connectivity index (χ3v) is 13.3. The molecule has 55 heavy (non-hydrogen) atoms. The number of nitrogens with one attached hydrogen (secondary N) is 1. The number of nitrogens with zero attached hydrogens (tertiary/aromatic N) is 4. The maximum atomic E-state index is 3.59. The van der Waals surface area contributed by atoms with Crippen molar-refractivity contribution in [3.05, 3.63) is 150 Å². The van der Waals surface area contributed by atoms with E-state index < -0.39 is 0 Å². The van der Waals surface area contributed by atoms with E-state index >= 15 is 0 Å². The van der Waals surface area contributed by atoms with E-state index in [1.165, 1.54) is 99.4 Å². The molecule has 5 heterocycles. The Morgan fingerprint density at radius 3 is 1.56 bits per heavy atom. The van der Waals surface area contributed by atoms with Crippen molar-refractivity contribution in [2.45, 2.75) is 43.4 Å². The van der Waals surface area contributed by atoms with Crippen LogP contribution in [0.2, 0.25) is 0 Å². The highest BCUT2D eigenvalue weighted by Gasteiger charge is 2.31. The van der Waals surface area contributed by atoms with Gasteiger partial charge in [-0.1, -0.05) is 72.8 Å². The molecule has 0 aliphatic carbocycles. The van der Waals surface area contributed by atoms with Gasteiger partial charge in [0.1, 0.15) is 0 Å². The Morgan fingerprint density at radius 2 is 0.927 bits per heavy atom. The zero-order valence-electron chi connectivity index (χ0n) is 31.8. The first-order chi connectivity index (χ1) is 27.2. The van der Waals surface area contributed by atoms with E-state index in [-0.39, 0.29) is 0 Å². The molecule has 1 N–H and O–H groups in total. The minimum absolute atomic E-state index is 0.565. The second kappa shape index (κ2) is 13.4. The number of hydrogen-bond acceptors (Lipinski definition) is 3. The summed E-state index contributed by atoms with van der Waals surface area (Å²) < 4.78 is 4.89. The first-order valence-corrected chi connectivity index (χ1v) is 20.6. The van der Waals surface area contributed by atoms with Crippen LogP contribution in [-0.4, -0.2) is 60.4 Å². The van der Waals surface area contributed by atoms with Crippen LogP contribution in [0.15, 0.2) is 133 Å². The van der Waals surface area contributed by atoms with Gasteiger partial charge in [0.2, 0.25) is 0 Å². The van der Waals surface area contributed by atoms with Crippen LogP contribution in [-0.2, 0) is 0 Å². The van der Waals surface area contributed by atoms with Crippen LogP contribution in [0.4, 0.5) is 5.69 Å². The lowest BCUT2D eigenvalue weighted by molar-refractivity contribution is 0.255. The summed E-state index contributed by atoms with van der Waals surface area (Å²) >= 11 is 0. The van der Waals surface area contributed by atoms with Crippen LogP contribution in [0.25, 0.3) is 55.0 Å². The molecule has 6 aromatic carbocycles. The first-order valence-electron chi connectivity index (χ1n) is 20.6. The number of fused-ring (bicyclic) bond motifs is 6. The van der Waals surface area contributed by atoms with Crippen molar-refractivity contribution in [2.75, 3.05) is 51.2 Å². The molecule has 274 valence electrons. The highest BCUT2D eigenvalue weighted by atomic mass is 15.2. The molecule has 0 spiro atoms. The summed E-state index contributed by atoms with van der Waals surface area (Å²) in [4.78, 5) is 5.11. The zero-order valence-corrected chi connectivity index (χ0v) is 31.8. The average molecular weight is 720 g/mol. The Morgan fingerprint density at radius 1 is 0.436 bits per heavy atom. The van der Waals surface area contributed by atoms with Crippen molar-refractivity contribution >= 4 is 49.3 Å². The molecule has 0 saturated carbocycles. The predicted octanol–water partition coefficient (Wildman–Crippen LogP) is 10.8. The molecule has 2 aromatic heterocycles. The molecule has 0 bridgehead atoms. The summed E-state index contributed by atoms with van der Waals surface area (Å²) in [6.45, 7) is 6.82. The minimum atomic E-state index is 0.565. The number of aromatic nitrogens is 2. The molecule has 3 saturated heterocycles. The van der Waals surface area contributed by atoms with E-state index in [2.05, 4.69) is 165 Å². The van der Waals surface area contributed by atoms with Gasteiger partial charge in [0, 0.05) is 57.6 Å². The lowest BCUT2D eigenvalue weighted by Crippen LogP contribution is -2.45. The van der Waals surface area contributed by atoms with Gasteiger partial charge in [-0.3, -0.25) is 0 Å². The first kappa shape index (κ1) is 33.0. The molecule has 0 atom stereocenters. The fourth-order valence-corrected chi connectivity index (χ4v) is 10.2. The number of piperidine rings is 2. The smallest absolute Gasteiger partial charge is 0.0542 e. The number of anilines is 1. The Balaban J connectivity index is 0.976. The van der Waals surface area contributed by atoms with E-state index in [0.29, 0.717) is 17.8 Å². The second-order valence-corrected chi connectivity index (χ2v) is 16.6. The molecular weight excluding hydrogens is 671 g/mol. The topological polar surface area (TPSA) is 28.4 Å². The molecule has 3 fully saturated rings. The molecule has 0 unspecified atom stereocenters. The Labute approximate surface area is 323 Å². The van der Waals surface area contributed by atoms with Crippen LogP contribution < -0.4 is 10.2 Å². The Bertz CT molecular complexity index is 2630. The summed E-state index contributed by atoms with van der Waals surface area (Å²) in [5, 5.41) is 8.77. The third kappa shape index (κ3) is 5.67. The summed E-state index contributed by atoms with van der Waals surface area (Å²) in [5.74, 6) is 1.93. The molecule has 0 radical (unpaired) electrons. The van der Waals surface area contributed by atoms with Gasteiger partial charge in [-0.05, 0) is 148 Å². The summed E-state index contributed by atoms with van der Waals surface area (Å²) in [6.07, 6.45) is 5.05. The maximum absolute atomic E-state index is 3.59. The van der Waals surface area contributed by atoms with Gasteiger partial charge in [0.05, 0.1) is 22.1 Å². The predicted molar refractivity (Wildman–Crippen MR) is 231 cm³/mol. The van der Waals surface area contributed by atoms with E-state index in [9.17, 15) is 0 Å². The van der Waals surface area contributed by atoms with E-state index in [1.54, 1.807) is 16.7 Å². The second-order valence-electron chi connectivity index (χ2n) is 16.6. The molecular formula is C50H49N5. The minimum Gasteiger partial charge on any atom is -0.370 e. The normalized spacial score (nSPS) is 17.9. The van der Waals surface area contributed by atoms with Gasteiger partial charge in [0.15, 0.2) is 0 Å². The van der Waals surface area contributed by atoms with Gasteiger partial charge in [0.25, 0.3) is 0 Å². The quantitative estimate of drug-likeness (QED) is 0.185. The van der Waals surface area contributed by atoms with Gasteiger partial charge in [-0.15, -0.1) is 0 Å². The SMILES string of the molecule is CN1CCC(c2cc(C3CCNCC3)cc(C3CN(c4ccc5c(c4)c4cc(-n6c7ccccc7c7ccccc76)ccc4n5-c4ccccc4)C3)c2)CC1. The van der Waals surface area contributed by atoms with Crippen molar-refractivity contribution < 1.29 is 0 Å². The van der Waals surface area contributed by atoms with E-state index in [0.717, 1.165) is 26.2 Å². The lowest BCUT2D eigenvalue weighted by atomic mass is 9.80. The number of para-hydroxylation sites is 3. The molecule has 8 aromatic rings. The number of hydrogen-bond donors (Lipinski definition) is 1. The maximum Gasteiger partial charge on any atom is 0.0542 e. The van der Waals surface area contributed by atoms with Crippen molar-refractivity contribution in [3.63, 3.8) is 0 Å². The highest BCUT2D eigenvalue weighted by Crippen LogP contribution is 2.42. The lowest BCUT2D eigenvalue weighted by Gasteiger charge is -2.42. The van der Waals surface area contributed by atoms with Crippen molar-refractivity contribution in [1.82, 2.24) is 19.4 Å². The van der Waals surface area contributed by atoms with Crippen LogP contribution >= 0.6 is 0 Å². The van der Waals surface area contributed by atoms with Crippen molar-refractivity contribution in [3.8, 4) is 11.4 Å². The molecule has 3 aliphatic rings. The van der Waals surface area contributed by atoms with Crippen LogP contribution in [0, 0.1) is 0 Å². The monoisotopic (exact) mass is 719 g/mol. The molecule has 0 amide bonds. The molecule has 5 nitrogen and oxygen atoms in total. The number of likely N-dealkylation sites (tertiary alicyclic amines) is 1. The van der Waals surface area contributed by atoms with Gasteiger partial charge < -0.3 is 24.3 Å². The standard InChI is InChI=1S/C50H49N5/c1-52-25-21-35(22-26-52)37-27-36(34-19-23-51-24-20-34)28-38(29-37)39-32-53(33-39)41-15-17-49-45(30-41)46-31-42(16-18-50(46)54(49)40-9-3-2-4-10-40)55-47-13-7-5-11-43(47)44-12-6-8-14-48(44)55/h2-18,27-31,34-35,39,51H,19-26,32-33H2,1H3. The number of benzene rings is 6. The van der Waals surface area contributed by atoms with Crippen molar-refractivity contribution in [1.29, 1.82) is 0 Å². The third-order valence-electron chi connectivity index (χ3n) is 13.3. The van der Waals surface area contributed by atoms with E-state index in [1.807, 2.05) is 0 Å².